The van der Waals surface area contributed by atoms with E-state index in [1.54, 1.807) is 6.21 Å². The molecule has 0 aromatic heterocycles. The minimum Gasteiger partial charge on any atom is -0.490 e. The van der Waals surface area contributed by atoms with E-state index in [-0.39, 0.29) is 5.91 Å². The van der Waals surface area contributed by atoms with Gasteiger partial charge >= 0.3 is 0 Å². The standard InChI is InChI=1S/C23H28ClN3O3/c1-2-29-22-14-18(15-25-26-23(28)16-27-11-4-3-5-12-27)9-10-21(22)30-17-19-7-6-8-20(24)13-19/h6-10,13-15H,2-5,11-12,16-17H2,1H3,(H,26,28)/b25-15+. The molecular weight excluding hydrogens is 402 g/mol. The minimum absolute atomic E-state index is 0.0975. The Morgan fingerprint density at radius 2 is 1.97 bits per heavy atom. The zero-order chi connectivity index (χ0) is 21.2. The largest absolute Gasteiger partial charge is 0.490 e. The van der Waals surface area contributed by atoms with Gasteiger partial charge in [0.25, 0.3) is 5.91 Å². The van der Waals surface area contributed by atoms with E-state index in [9.17, 15) is 4.79 Å². The fraction of sp³-hybridized carbons (Fsp3) is 0.391. The van der Waals surface area contributed by atoms with Crippen molar-refractivity contribution in [1.82, 2.24) is 10.3 Å². The van der Waals surface area contributed by atoms with Crippen LogP contribution < -0.4 is 14.9 Å². The van der Waals surface area contributed by atoms with E-state index in [1.165, 1.54) is 6.42 Å². The van der Waals surface area contributed by atoms with Gasteiger partial charge in [0.15, 0.2) is 11.5 Å². The second kappa shape index (κ2) is 11.6. The van der Waals surface area contributed by atoms with Crippen molar-refractivity contribution < 1.29 is 14.3 Å². The molecule has 1 fully saturated rings. The van der Waals surface area contributed by atoms with Gasteiger partial charge in [-0.1, -0.05) is 30.2 Å². The molecule has 1 N–H and O–H groups in total. The molecule has 2 aromatic rings. The van der Waals surface area contributed by atoms with Crippen LogP contribution in [0.1, 0.15) is 37.3 Å². The number of nitrogens with zero attached hydrogens (tertiary/aromatic N) is 2. The number of piperidine rings is 1. The van der Waals surface area contributed by atoms with Crippen LogP contribution in [0.25, 0.3) is 0 Å². The first-order valence-electron chi connectivity index (χ1n) is 10.3. The molecule has 3 rings (SSSR count). The Bertz CT molecular complexity index is 867. The lowest BCUT2D eigenvalue weighted by Gasteiger charge is -2.25. The molecule has 0 radical (unpaired) electrons. The normalized spacial score (nSPS) is 14.6. The lowest BCUT2D eigenvalue weighted by Crippen LogP contribution is -2.38. The average Bonchev–Trinajstić information content (AvgIpc) is 2.74. The summed E-state index contributed by atoms with van der Waals surface area (Å²) in [6.07, 6.45) is 5.17. The van der Waals surface area contributed by atoms with Crippen LogP contribution in [0, 0.1) is 0 Å². The van der Waals surface area contributed by atoms with Crippen LogP contribution in [0.3, 0.4) is 0 Å². The SMILES string of the molecule is CCOc1cc(/C=N/NC(=O)CN2CCCCC2)ccc1OCc1cccc(Cl)c1. The first kappa shape index (κ1) is 22.1. The van der Waals surface area contributed by atoms with E-state index in [2.05, 4.69) is 15.4 Å². The Morgan fingerprint density at radius 1 is 1.13 bits per heavy atom. The number of carbonyl (C=O) groups excluding carboxylic acids is 1. The molecule has 1 amide bonds. The number of hydrogen-bond donors (Lipinski definition) is 1. The second-order valence-corrected chi connectivity index (χ2v) is 7.62. The monoisotopic (exact) mass is 429 g/mol. The summed E-state index contributed by atoms with van der Waals surface area (Å²) in [6.45, 7) is 5.17. The van der Waals surface area contributed by atoms with E-state index in [1.807, 2.05) is 49.4 Å². The topological polar surface area (TPSA) is 63.2 Å². The number of halogens is 1. The maximum absolute atomic E-state index is 12.0. The molecule has 1 aliphatic heterocycles. The predicted octanol–water partition coefficient (Wildman–Crippen LogP) is 4.25. The molecule has 1 aliphatic rings. The van der Waals surface area contributed by atoms with Crippen LogP contribution in [0.15, 0.2) is 47.6 Å². The Hall–Kier alpha value is -2.57. The fourth-order valence-electron chi connectivity index (χ4n) is 3.32. The number of nitrogens with one attached hydrogen (secondary N) is 1. The summed E-state index contributed by atoms with van der Waals surface area (Å²) in [5, 5.41) is 4.75. The van der Waals surface area contributed by atoms with Crippen LogP contribution in [0.2, 0.25) is 5.02 Å². The first-order chi connectivity index (χ1) is 14.6. The lowest BCUT2D eigenvalue weighted by atomic mass is 10.1. The average molecular weight is 430 g/mol. The molecule has 7 heteroatoms. The lowest BCUT2D eigenvalue weighted by molar-refractivity contribution is -0.122. The second-order valence-electron chi connectivity index (χ2n) is 7.19. The quantitative estimate of drug-likeness (QED) is 0.478. The van der Waals surface area contributed by atoms with Gasteiger partial charge in [0.05, 0.1) is 19.4 Å². The highest BCUT2D eigenvalue weighted by Gasteiger charge is 2.13. The molecule has 0 unspecified atom stereocenters. The summed E-state index contributed by atoms with van der Waals surface area (Å²) in [5.74, 6) is 1.17. The third kappa shape index (κ3) is 7.04. The summed E-state index contributed by atoms with van der Waals surface area (Å²) < 4.78 is 11.6. The van der Waals surface area contributed by atoms with Crippen LogP contribution in [0.5, 0.6) is 11.5 Å². The third-order valence-electron chi connectivity index (χ3n) is 4.77. The van der Waals surface area contributed by atoms with Gasteiger partial charge < -0.3 is 9.47 Å². The van der Waals surface area contributed by atoms with Crippen LogP contribution in [0.4, 0.5) is 0 Å². The molecule has 30 heavy (non-hydrogen) atoms. The molecule has 6 nitrogen and oxygen atoms in total. The number of hydrazone groups is 1. The highest BCUT2D eigenvalue weighted by atomic mass is 35.5. The smallest absolute Gasteiger partial charge is 0.254 e. The van der Waals surface area contributed by atoms with E-state index in [0.717, 1.165) is 37.1 Å². The number of ether oxygens (including phenoxy) is 2. The van der Waals surface area contributed by atoms with Crippen molar-refractivity contribution in [2.24, 2.45) is 5.10 Å². The number of likely N-dealkylation sites (tertiary alicyclic amines) is 1. The molecule has 160 valence electrons. The molecule has 1 heterocycles. The molecule has 1 saturated heterocycles. The highest BCUT2D eigenvalue weighted by Crippen LogP contribution is 2.29. The maximum atomic E-state index is 12.0. The van der Waals surface area contributed by atoms with Crippen molar-refractivity contribution >= 4 is 23.7 Å². The van der Waals surface area contributed by atoms with Crippen molar-refractivity contribution in [3.05, 3.63) is 58.6 Å². The number of rotatable bonds is 9. The Balaban J connectivity index is 1.56. The predicted molar refractivity (Wildman–Crippen MR) is 119 cm³/mol. The van der Waals surface area contributed by atoms with Crippen molar-refractivity contribution in [1.29, 1.82) is 0 Å². The highest BCUT2D eigenvalue weighted by molar-refractivity contribution is 6.30. The molecule has 0 bridgehead atoms. The van der Waals surface area contributed by atoms with Crippen molar-refractivity contribution in [3.8, 4) is 11.5 Å². The molecule has 2 aromatic carbocycles. The van der Waals surface area contributed by atoms with Gasteiger partial charge in [-0.25, -0.2) is 5.43 Å². The van der Waals surface area contributed by atoms with Crippen molar-refractivity contribution in [2.45, 2.75) is 32.8 Å². The molecule has 0 saturated carbocycles. The van der Waals surface area contributed by atoms with Gasteiger partial charge in [0.1, 0.15) is 6.61 Å². The Kier molecular flexibility index (Phi) is 8.53. The summed E-state index contributed by atoms with van der Waals surface area (Å²) >= 11 is 6.03. The van der Waals surface area contributed by atoms with Crippen LogP contribution in [-0.2, 0) is 11.4 Å². The van der Waals surface area contributed by atoms with Gasteiger partial charge in [0, 0.05) is 5.02 Å². The zero-order valence-electron chi connectivity index (χ0n) is 17.3. The van der Waals surface area contributed by atoms with Gasteiger partial charge in [0.2, 0.25) is 0 Å². The summed E-state index contributed by atoms with van der Waals surface area (Å²) in [6, 6.07) is 13.1. The number of hydrogen-bond acceptors (Lipinski definition) is 5. The van der Waals surface area contributed by atoms with Crippen LogP contribution >= 0.6 is 11.6 Å². The Labute approximate surface area is 182 Å². The van der Waals surface area contributed by atoms with Gasteiger partial charge in [-0.15, -0.1) is 0 Å². The summed E-state index contributed by atoms with van der Waals surface area (Å²) in [5.41, 5.74) is 4.39. The third-order valence-corrected chi connectivity index (χ3v) is 5.00. The summed E-state index contributed by atoms with van der Waals surface area (Å²) in [4.78, 5) is 14.2. The maximum Gasteiger partial charge on any atom is 0.254 e. The van der Waals surface area contributed by atoms with Gasteiger partial charge in [-0.2, -0.15) is 5.10 Å². The fourth-order valence-corrected chi connectivity index (χ4v) is 3.53. The van der Waals surface area contributed by atoms with E-state index < -0.39 is 0 Å². The van der Waals surface area contributed by atoms with Crippen molar-refractivity contribution in [3.63, 3.8) is 0 Å². The first-order valence-corrected chi connectivity index (χ1v) is 10.7. The van der Waals surface area contributed by atoms with E-state index >= 15 is 0 Å². The van der Waals surface area contributed by atoms with Gasteiger partial charge in [-0.05, 0) is 74.3 Å². The molecule has 0 spiro atoms. The van der Waals surface area contributed by atoms with E-state index in [4.69, 9.17) is 21.1 Å². The number of carbonyl (C=O) groups is 1. The van der Waals surface area contributed by atoms with E-state index in [0.29, 0.717) is 36.3 Å². The minimum atomic E-state index is -0.0975. The number of amides is 1. The van der Waals surface area contributed by atoms with Crippen LogP contribution in [-0.4, -0.2) is 43.3 Å². The summed E-state index contributed by atoms with van der Waals surface area (Å²) in [7, 11) is 0. The molecular formula is C23H28ClN3O3. The van der Waals surface area contributed by atoms with Gasteiger partial charge in [-0.3, -0.25) is 9.69 Å². The van der Waals surface area contributed by atoms with Crippen molar-refractivity contribution in [2.75, 3.05) is 26.2 Å². The molecule has 0 aliphatic carbocycles. The number of benzene rings is 2. The zero-order valence-corrected chi connectivity index (χ0v) is 18.0. The molecule has 0 atom stereocenters. The Morgan fingerprint density at radius 3 is 2.73 bits per heavy atom.